The van der Waals surface area contributed by atoms with Crippen LogP contribution in [0.25, 0.3) is 0 Å². The Morgan fingerprint density at radius 2 is 1.92 bits per heavy atom. The van der Waals surface area contributed by atoms with Gasteiger partial charge in [-0.1, -0.05) is 35.4 Å². The monoisotopic (exact) mass is 352 g/mol. The molecule has 0 radical (unpaired) electrons. The van der Waals surface area contributed by atoms with Crippen molar-refractivity contribution in [2.45, 2.75) is 25.3 Å². The lowest BCUT2D eigenvalue weighted by Gasteiger charge is -2.15. The minimum absolute atomic E-state index is 0.252. The first-order chi connectivity index (χ1) is 12.8. The number of furan rings is 1. The van der Waals surface area contributed by atoms with Gasteiger partial charge >= 0.3 is 6.01 Å². The van der Waals surface area contributed by atoms with Crippen molar-refractivity contribution in [1.29, 1.82) is 0 Å². The van der Waals surface area contributed by atoms with Crippen molar-refractivity contribution in [2.75, 3.05) is 18.0 Å². The molecule has 1 fully saturated rings. The fraction of sp³-hybridized carbons (Fsp3) is 0.316. The Labute approximate surface area is 151 Å². The van der Waals surface area contributed by atoms with Gasteiger partial charge in [-0.2, -0.15) is 0 Å². The molecule has 1 aromatic carbocycles. The first-order valence-electron chi connectivity index (χ1n) is 8.76. The molecule has 1 aliphatic rings. The zero-order chi connectivity index (χ0) is 17.8. The second kappa shape index (κ2) is 7.43. The van der Waals surface area contributed by atoms with Crippen LogP contribution in [-0.4, -0.2) is 29.2 Å². The number of carbonyl (C=O) groups is 1. The van der Waals surface area contributed by atoms with Crippen LogP contribution >= 0.6 is 0 Å². The Kier molecular flexibility index (Phi) is 4.68. The van der Waals surface area contributed by atoms with E-state index in [1.807, 2.05) is 30.3 Å². The first kappa shape index (κ1) is 16.4. The molecule has 1 aliphatic heterocycles. The van der Waals surface area contributed by atoms with Gasteiger partial charge in [-0.3, -0.25) is 4.79 Å². The molecule has 0 saturated carbocycles. The van der Waals surface area contributed by atoms with Gasteiger partial charge in [0.25, 0.3) is 5.91 Å². The number of hydrogen-bond donors (Lipinski definition) is 1. The molecule has 0 bridgehead atoms. The standard InChI is InChI=1S/C19H20N4O3/c24-17(16-9-6-12-25-16)20-15(13-14-7-2-1-3-8-14)18-21-22-19(26-18)23-10-4-5-11-23/h1-3,6-9,12,15H,4-5,10-11,13H2,(H,20,24)/t15-/m0/s1. The van der Waals surface area contributed by atoms with Crippen LogP contribution in [-0.2, 0) is 6.42 Å². The quantitative estimate of drug-likeness (QED) is 0.734. The molecule has 134 valence electrons. The largest absolute Gasteiger partial charge is 0.459 e. The number of rotatable bonds is 6. The van der Waals surface area contributed by atoms with Gasteiger partial charge in [-0.25, -0.2) is 0 Å². The molecule has 26 heavy (non-hydrogen) atoms. The van der Waals surface area contributed by atoms with Crippen molar-refractivity contribution in [3.63, 3.8) is 0 Å². The van der Waals surface area contributed by atoms with Crippen LogP contribution in [0.15, 0.2) is 57.6 Å². The Morgan fingerprint density at radius 3 is 2.65 bits per heavy atom. The van der Waals surface area contributed by atoms with Crippen LogP contribution in [0.5, 0.6) is 0 Å². The highest BCUT2D eigenvalue weighted by Gasteiger charge is 2.25. The zero-order valence-corrected chi connectivity index (χ0v) is 14.3. The highest BCUT2D eigenvalue weighted by molar-refractivity contribution is 5.91. The summed E-state index contributed by atoms with van der Waals surface area (Å²) in [6, 6.07) is 13.3. The molecular weight excluding hydrogens is 332 g/mol. The molecule has 1 N–H and O–H groups in total. The minimum Gasteiger partial charge on any atom is -0.459 e. The fourth-order valence-corrected chi connectivity index (χ4v) is 3.09. The number of hydrogen-bond acceptors (Lipinski definition) is 6. The van der Waals surface area contributed by atoms with Crippen LogP contribution in [0, 0.1) is 0 Å². The number of aromatic nitrogens is 2. The van der Waals surface area contributed by atoms with Gasteiger partial charge in [0.1, 0.15) is 6.04 Å². The molecule has 0 aliphatic carbocycles. The molecule has 0 spiro atoms. The van der Waals surface area contributed by atoms with Gasteiger partial charge in [0, 0.05) is 19.5 Å². The summed E-state index contributed by atoms with van der Waals surface area (Å²) in [7, 11) is 0. The lowest BCUT2D eigenvalue weighted by atomic mass is 10.1. The van der Waals surface area contributed by atoms with E-state index >= 15 is 0 Å². The van der Waals surface area contributed by atoms with Crippen LogP contribution < -0.4 is 10.2 Å². The first-order valence-corrected chi connectivity index (χ1v) is 8.76. The maximum Gasteiger partial charge on any atom is 0.318 e. The van der Waals surface area contributed by atoms with Gasteiger partial charge in [0.05, 0.1) is 6.26 Å². The maximum atomic E-state index is 12.4. The maximum absolute atomic E-state index is 12.4. The van der Waals surface area contributed by atoms with Crippen molar-refractivity contribution < 1.29 is 13.6 Å². The summed E-state index contributed by atoms with van der Waals surface area (Å²) in [6.07, 6.45) is 4.27. The number of carbonyl (C=O) groups excluding carboxylic acids is 1. The summed E-state index contributed by atoms with van der Waals surface area (Å²) in [5, 5.41) is 11.3. The lowest BCUT2D eigenvalue weighted by molar-refractivity contribution is 0.0902. The third-order valence-corrected chi connectivity index (χ3v) is 4.44. The van der Waals surface area contributed by atoms with E-state index in [4.69, 9.17) is 8.83 Å². The highest BCUT2D eigenvalue weighted by Crippen LogP contribution is 2.24. The Bertz CT molecular complexity index is 839. The third-order valence-electron chi connectivity index (χ3n) is 4.44. The van der Waals surface area contributed by atoms with Crippen LogP contribution in [0.1, 0.15) is 40.9 Å². The molecule has 1 amide bonds. The van der Waals surface area contributed by atoms with E-state index < -0.39 is 6.04 Å². The fourth-order valence-electron chi connectivity index (χ4n) is 3.09. The number of anilines is 1. The number of amides is 1. The van der Waals surface area contributed by atoms with E-state index in [1.165, 1.54) is 6.26 Å². The Morgan fingerprint density at radius 1 is 1.12 bits per heavy atom. The lowest BCUT2D eigenvalue weighted by Crippen LogP contribution is -2.30. The van der Waals surface area contributed by atoms with Crippen molar-refractivity contribution in [1.82, 2.24) is 15.5 Å². The molecule has 3 aromatic rings. The smallest absolute Gasteiger partial charge is 0.318 e. The highest BCUT2D eigenvalue weighted by atomic mass is 16.4. The molecule has 1 saturated heterocycles. The molecule has 4 rings (SSSR count). The second-order valence-electron chi connectivity index (χ2n) is 6.31. The van der Waals surface area contributed by atoms with Crippen molar-refractivity contribution in [3.8, 4) is 0 Å². The molecule has 0 unspecified atom stereocenters. The predicted octanol–water partition coefficient (Wildman–Crippen LogP) is 2.98. The van der Waals surface area contributed by atoms with Gasteiger partial charge < -0.3 is 19.1 Å². The Hall–Kier alpha value is -3.09. The van der Waals surface area contributed by atoms with E-state index in [0.29, 0.717) is 18.3 Å². The number of benzene rings is 1. The predicted molar refractivity (Wildman–Crippen MR) is 94.8 cm³/mol. The van der Waals surface area contributed by atoms with E-state index in [2.05, 4.69) is 20.4 Å². The summed E-state index contributed by atoms with van der Waals surface area (Å²) in [4.78, 5) is 14.5. The summed E-state index contributed by atoms with van der Waals surface area (Å²) in [5.41, 5.74) is 1.07. The van der Waals surface area contributed by atoms with Crippen LogP contribution in [0.2, 0.25) is 0 Å². The molecule has 3 heterocycles. The van der Waals surface area contributed by atoms with Gasteiger partial charge in [-0.15, -0.1) is 5.10 Å². The van der Waals surface area contributed by atoms with Crippen molar-refractivity contribution in [2.24, 2.45) is 0 Å². The van der Waals surface area contributed by atoms with Gasteiger partial charge in [0.15, 0.2) is 5.76 Å². The van der Waals surface area contributed by atoms with E-state index in [0.717, 1.165) is 31.5 Å². The normalized spacial score (nSPS) is 15.2. The van der Waals surface area contributed by atoms with Crippen LogP contribution in [0.4, 0.5) is 6.01 Å². The third kappa shape index (κ3) is 3.61. The average Bonchev–Trinajstić information content (AvgIpc) is 3.44. The second-order valence-corrected chi connectivity index (χ2v) is 6.31. The number of nitrogens with one attached hydrogen (secondary N) is 1. The van der Waals surface area contributed by atoms with Crippen LogP contribution in [0.3, 0.4) is 0 Å². The molecule has 7 nitrogen and oxygen atoms in total. The molecule has 2 aromatic heterocycles. The van der Waals surface area contributed by atoms with Gasteiger partial charge in [-0.05, 0) is 30.5 Å². The SMILES string of the molecule is O=C(N[C@@H](Cc1ccccc1)c1nnc(N2CCCC2)o1)c1ccco1. The Balaban J connectivity index is 1.56. The van der Waals surface area contributed by atoms with Crippen molar-refractivity contribution >= 4 is 11.9 Å². The van der Waals surface area contributed by atoms with E-state index in [1.54, 1.807) is 12.1 Å². The van der Waals surface area contributed by atoms with E-state index in [-0.39, 0.29) is 11.7 Å². The molecular formula is C19H20N4O3. The van der Waals surface area contributed by atoms with Crippen molar-refractivity contribution in [3.05, 3.63) is 65.9 Å². The minimum atomic E-state index is -0.432. The average molecular weight is 352 g/mol. The van der Waals surface area contributed by atoms with Gasteiger partial charge in [0.2, 0.25) is 5.89 Å². The topological polar surface area (TPSA) is 84.4 Å². The summed E-state index contributed by atoms with van der Waals surface area (Å²) in [5.74, 6) is 0.342. The summed E-state index contributed by atoms with van der Waals surface area (Å²) in [6.45, 7) is 1.84. The summed E-state index contributed by atoms with van der Waals surface area (Å²) >= 11 is 0. The number of nitrogens with zero attached hydrogens (tertiary/aromatic N) is 3. The summed E-state index contributed by atoms with van der Waals surface area (Å²) < 4.78 is 11.1. The zero-order valence-electron chi connectivity index (χ0n) is 14.3. The molecule has 1 atom stereocenters. The van der Waals surface area contributed by atoms with E-state index in [9.17, 15) is 4.79 Å². The molecule has 7 heteroatoms.